The number of rotatable bonds is 7. The van der Waals surface area contributed by atoms with Crippen LogP contribution in [0.25, 0.3) is 0 Å². The fourth-order valence-corrected chi connectivity index (χ4v) is 1.83. The van der Waals surface area contributed by atoms with Gasteiger partial charge in [0.1, 0.15) is 6.04 Å². The first-order valence-electron chi connectivity index (χ1n) is 6.78. The number of carbonyl (C=O) groups is 2. The lowest BCUT2D eigenvalue weighted by Crippen LogP contribution is -2.51. The van der Waals surface area contributed by atoms with Crippen LogP contribution in [0.3, 0.4) is 0 Å². The van der Waals surface area contributed by atoms with Gasteiger partial charge in [-0.3, -0.25) is 4.79 Å². The van der Waals surface area contributed by atoms with Crippen molar-refractivity contribution in [2.75, 3.05) is 0 Å². The van der Waals surface area contributed by atoms with Gasteiger partial charge in [0.15, 0.2) is 0 Å². The largest absolute Gasteiger partial charge is 0.480 e. The van der Waals surface area contributed by atoms with Gasteiger partial charge in [-0.05, 0) is 11.5 Å². The molecule has 1 aromatic rings. The Morgan fingerprint density at radius 1 is 1.30 bits per heavy atom. The highest BCUT2D eigenvalue weighted by atomic mass is 16.4. The Hall–Kier alpha value is -1.88. The van der Waals surface area contributed by atoms with Gasteiger partial charge in [0.2, 0.25) is 5.91 Å². The van der Waals surface area contributed by atoms with Crippen molar-refractivity contribution in [2.24, 2.45) is 11.7 Å². The number of carboxylic acids is 1. The van der Waals surface area contributed by atoms with Crippen LogP contribution in [0.1, 0.15) is 25.8 Å². The number of aliphatic carboxylic acids is 1. The number of hydrogen-bond acceptors (Lipinski definition) is 3. The second-order valence-corrected chi connectivity index (χ2v) is 5.00. The Morgan fingerprint density at radius 3 is 2.40 bits per heavy atom. The number of hydrogen-bond donors (Lipinski definition) is 3. The minimum atomic E-state index is -1.06. The van der Waals surface area contributed by atoms with Gasteiger partial charge < -0.3 is 16.2 Å². The van der Waals surface area contributed by atoms with Gasteiger partial charge in [0, 0.05) is 6.42 Å². The molecule has 0 saturated heterocycles. The third kappa shape index (κ3) is 4.66. The predicted octanol–water partition coefficient (Wildman–Crippen LogP) is 1.17. The van der Waals surface area contributed by atoms with Crippen LogP contribution in [0, 0.1) is 5.92 Å². The van der Waals surface area contributed by atoms with Crippen molar-refractivity contribution >= 4 is 11.9 Å². The SMILES string of the molecule is CCC(C)C(N)C(=O)N[C@@H](Cc1ccccc1)C(=O)O. The summed E-state index contributed by atoms with van der Waals surface area (Å²) in [5.74, 6) is -1.46. The third-order valence-electron chi connectivity index (χ3n) is 3.46. The second-order valence-electron chi connectivity index (χ2n) is 5.00. The zero-order chi connectivity index (χ0) is 15.1. The van der Waals surface area contributed by atoms with Crippen LogP contribution in [-0.2, 0) is 16.0 Å². The van der Waals surface area contributed by atoms with Crippen molar-refractivity contribution in [1.29, 1.82) is 0 Å². The molecule has 0 heterocycles. The minimum Gasteiger partial charge on any atom is -0.480 e. The van der Waals surface area contributed by atoms with E-state index < -0.39 is 24.0 Å². The van der Waals surface area contributed by atoms with E-state index in [1.54, 1.807) is 0 Å². The van der Waals surface area contributed by atoms with E-state index in [0.717, 1.165) is 12.0 Å². The first kappa shape index (κ1) is 16.2. The molecule has 1 aromatic carbocycles. The van der Waals surface area contributed by atoms with Gasteiger partial charge in [0.25, 0.3) is 0 Å². The summed E-state index contributed by atoms with van der Waals surface area (Å²) in [7, 11) is 0. The molecule has 0 aliphatic carbocycles. The summed E-state index contributed by atoms with van der Waals surface area (Å²) in [4.78, 5) is 23.2. The fraction of sp³-hybridized carbons (Fsp3) is 0.467. The van der Waals surface area contributed by atoms with Crippen molar-refractivity contribution in [3.8, 4) is 0 Å². The van der Waals surface area contributed by atoms with E-state index in [2.05, 4.69) is 5.32 Å². The van der Waals surface area contributed by atoms with Crippen LogP contribution >= 0.6 is 0 Å². The summed E-state index contributed by atoms with van der Waals surface area (Å²) in [6.07, 6.45) is 1.01. The second kappa shape index (κ2) is 7.65. The zero-order valence-corrected chi connectivity index (χ0v) is 11.9. The maximum atomic E-state index is 11.9. The molecule has 2 unspecified atom stereocenters. The van der Waals surface area contributed by atoms with Gasteiger partial charge in [0.05, 0.1) is 6.04 Å². The molecule has 5 heteroatoms. The number of benzene rings is 1. The van der Waals surface area contributed by atoms with Crippen molar-refractivity contribution in [3.05, 3.63) is 35.9 Å². The molecule has 1 rings (SSSR count). The lowest BCUT2D eigenvalue weighted by Gasteiger charge is -2.21. The average Bonchev–Trinajstić information content (AvgIpc) is 2.45. The predicted molar refractivity (Wildman–Crippen MR) is 77.1 cm³/mol. The number of carbonyl (C=O) groups excluding carboxylic acids is 1. The first-order valence-corrected chi connectivity index (χ1v) is 6.78. The van der Waals surface area contributed by atoms with E-state index in [9.17, 15) is 14.7 Å². The molecule has 0 saturated carbocycles. The Labute approximate surface area is 119 Å². The summed E-state index contributed by atoms with van der Waals surface area (Å²) in [5, 5.41) is 11.7. The quantitative estimate of drug-likeness (QED) is 0.698. The lowest BCUT2D eigenvalue weighted by atomic mass is 9.98. The summed E-state index contributed by atoms with van der Waals surface area (Å²) in [6, 6.07) is 7.55. The number of carboxylic acid groups (broad SMARTS) is 1. The molecule has 0 aliphatic heterocycles. The van der Waals surface area contributed by atoms with Crippen LogP contribution in [0.4, 0.5) is 0 Å². The lowest BCUT2D eigenvalue weighted by molar-refractivity contribution is -0.142. The Balaban J connectivity index is 2.68. The minimum absolute atomic E-state index is 0.0150. The van der Waals surface area contributed by atoms with Gasteiger partial charge in [-0.1, -0.05) is 50.6 Å². The van der Waals surface area contributed by atoms with E-state index in [-0.39, 0.29) is 12.3 Å². The van der Waals surface area contributed by atoms with Gasteiger partial charge in [-0.15, -0.1) is 0 Å². The summed E-state index contributed by atoms with van der Waals surface area (Å²) >= 11 is 0. The number of amides is 1. The fourth-order valence-electron chi connectivity index (χ4n) is 1.83. The molecule has 3 atom stereocenters. The van der Waals surface area contributed by atoms with Crippen molar-refractivity contribution < 1.29 is 14.7 Å². The van der Waals surface area contributed by atoms with E-state index in [0.29, 0.717) is 0 Å². The number of nitrogens with two attached hydrogens (primary N) is 1. The standard InChI is InChI=1S/C15H22N2O3/c1-3-10(2)13(16)14(18)17-12(15(19)20)9-11-7-5-4-6-8-11/h4-8,10,12-13H,3,9,16H2,1-2H3,(H,17,18)(H,19,20)/t10?,12-,13?/m0/s1. The molecule has 0 radical (unpaired) electrons. The summed E-state index contributed by atoms with van der Waals surface area (Å²) < 4.78 is 0. The molecule has 20 heavy (non-hydrogen) atoms. The summed E-state index contributed by atoms with van der Waals surface area (Å²) in [6.45, 7) is 3.81. The highest BCUT2D eigenvalue weighted by Gasteiger charge is 2.25. The zero-order valence-electron chi connectivity index (χ0n) is 11.9. The van der Waals surface area contributed by atoms with Crippen molar-refractivity contribution in [3.63, 3.8) is 0 Å². The van der Waals surface area contributed by atoms with Gasteiger partial charge >= 0.3 is 5.97 Å². The van der Waals surface area contributed by atoms with Gasteiger partial charge in [-0.2, -0.15) is 0 Å². The van der Waals surface area contributed by atoms with Crippen molar-refractivity contribution in [1.82, 2.24) is 5.32 Å². The molecule has 5 nitrogen and oxygen atoms in total. The van der Waals surface area contributed by atoms with Crippen molar-refractivity contribution in [2.45, 2.75) is 38.8 Å². The maximum absolute atomic E-state index is 11.9. The molecule has 0 fully saturated rings. The van der Waals surface area contributed by atoms with Gasteiger partial charge in [-0.25, -0.2) is 4.79 Å². The molecule has 0 aromatic heterocycles. The molecule has 0 aliphatic rings. The van der Waals surface area contributed by atoms with Crippen LogP contribution < -0.4 is 11.1 Å². The average molecular weight is 278 g/mol. The van der Waals surface area contributed by atoms with E-state index in [4.69, 9.17) is 5.73 Å². The van der Waals surface area contributed by atoms with E-state index >= 15 is 0 Å². The Bertz CT molecular complexity index is 448. The highest BCUT2D eigenvalue weighted by Crippen LogP contribution is 2.07. The molecular formula is C15H22N2O3. The molecule has 1 amide bonds. The van der Waals surface area contributed by atoms with Crippen LogP contribution in [0.2, 0.25) is 0 Å². The normalized spacial score (nSPS) is 15.2. The molecule has 4 N–H and O–H groups in total. The van der Waals surface area contributed by atoms with Crippen LogP contribution in [0.15, 0.2) is 30.3 Å². The molecule has 110 valence electrons. The Morgan fingerprint density at radius 2 is 1.90 bits per heavy atom. The summed E-state index contributed by atoms with van der Waals surface area (Å²) in [5.41, 5.74) is 6.67. The van der Waals surface area contributed by atoms with E-state index in [1.807, 2.05) is 44.2 Å². The smallest absolute Gasteiger partial charge is 0.326 e. The third-order valence-corrected chi connectivity index (χ3v) is 3.46. The number of nitrogens with one attached hydrogen (secondary N) is 1. The highest BCUT2D eigenvalue weighted by molar-refractivity contribution is 5.87. The Kier molecular flexibility index (Phi) is 6.18. The monoisotopic (exact) mass is 278 g/mol. The molecular weight excluding hydrogens is 256 g/mol. The van der Waals surface area contributed by atoms with Crippen LogP contribution in [0.5, 0.6) is 0 Å². The first-order chi connectivity index (χ1) is 9.45. The molecule has 0 spiro atoms. The van der Waals surface area contributed by atoms with Crippen LogP contribution in [-0.4, -0.2) is 29.1 Å². The van der Waals surface area contributed by atoms with E-state index in [1.165, 1.54) is 0 Å². The topological polar surface area (TPSA) is 92.4 Å². The maximum Gasteiger partial charge on any atom is 0.326 e. The molecule has 0 bridgehead atoms.